The molecule has 0 radical (unpaired) electrons. The van der Waals surface area contributed by atoms with Crippen LogP contribution in [0.15, 0.2) is 121 Å². The van der Waals surface area contributed by atoms with E-state index in [9.17, 15) is 0 Å². The van der Waals surface area contributed by atoms with Gasteiger partial charge in [-0.2, -0.15) is 0 Å². The number of benzene rings is 4. The zero-order valence-electron chi connectivity index (χ0n) is 16.5. The first-order valence-corrected chi connectivity index (χ1v) is 13.8. The van der Waals surface area contributed by atoms with Crippen molar-refractivity contribution >= 4 is 48.9 Å². The Morgan fingerprint density at radius 1 is 0.321 bits per heavy atom. The first-order chi connectivity index (χ1) is 13.9. The molecule has 0 aliphatic carbocycles. The van der Waals surface area contributed by atoms with E-state index in [1.807, 2.05) is 13.8 Å². The second-order valence-corrected chi connectivity index (χ2v) is 11.6. The van der Waals surface area contributed by atoms with Crippen molar-refractivity contribution in [1.29, 1.82) is 0 Å². The van der Waals surface area contributed by atoms with Gasteiger partial charge in [0.25, 0.3) is 0 Å². The molecule has 0 nitrogen and oxygen atoms in total. The third kappa shape index (κ3) is 8.79. The summed E-state index contributed by atoms with van der Waals surface area (Å²) in [6.45, 7) is 4.00. The van der Waals surface area contributed by atoms with E-state index in [0.717, 1.165) is 0 Å². The molecular weight excluding hydrogens is 462 g/mol. The summed E-state index contributed by atoms with van der Waals surface area (Å²) >= 11 is -0.216. The second kappa shape index (κ2) is 14.1. The Labute approximate surface area is 183 Å². The fourth-order valence-electron chi connectivity index (χ4n) is 2.42. The minimum absolute atomic E-state index is 0.108. The van der Waals surface area contributed by atoms with Gasteiger partial charge in [0.15, 0.2) is 0 Å². The van der Waals surface area contributed by atoms with Gasteiger partial charge in [0, 0.05) is 0 Å². The Balaban J connectivity index is 0.000000184. The molecule has 0 spiro atoms. The van der Waals surface area contributed by atoms with Crippen LogP contribution in [-0.4, -0.2) is 31.5 Å². The summed E-state index contributed by atoms with van der Waals surface area (Å²) in [5, 5.41) is 0. The van der Waals surface area contributed by atoms with Gasteiger partial charge in [-0.05, 0) is 0 Å². The monoisotopic (exact) mass is 490 g/mol. The van der Waals surface area contributed by atoms with Crippen molar-refractivity contribution in [2.75, 3.05) is 0 Å². The zero-order valence-corrected chi connectivity index (χ0v) is 20.7. The Morgan fingerprint density at radius 2 is 0.500 bits per heavy atom. The summed E-state index contributed by atoms with van der Waals surface area (Å²) in [5.74, 6) is 0. The molecule has 4 aromatic carbocycles. The standard InChI is InChI=1S/2C12H11As.C2H6/c2*1-3-7-11(8-4-1)13-12-9-5-2-6-10-12;1-2/h2*1-10,13H;1-2H3. The van der Waals surface area contributed by atoms with Gasteiger partial charge in [-0.25, -0.2) is 0 Å². The molecule has 0 N–H and O–H groups in total. The van der Waals surface area contributed by atoms with Gasteiger partial charge in [0.05, 0.1) is 0 Å². The molecule has 4 rings (SSSR count). The summed E-state index contributed by atoms with van der Waals surface area (Å²) in [6, 6.07) is 42.9. The predicted octanol–water partition coefficient (Wildman–Crippen LogP) is 3.17. The SMILES string of the molecule is CC.c1ccc([AsH]c2ccccc2)cc1.c1ccc([AsH]c2ccccc2)cc1. The molecule has 0 aliphatic heterocycles. The molecule has 0 aromatic heterocycles. The Morgan fingerprint density at radius 3 is 0.679 bits per heavy atom. The topological polar surface area (TPSA) is 0 Å². The van der Waals surface area contributed by atoms with Gasteiger partial charge in [0.1, 0.15) is 0 Å². The first-order valence-electron chi connectivity index (χ1n) is 9.64. The van der Waals surface area contributed by atoms with E-state index >= 15 is 0 Å². The van der Waals surface area contributed by atoms with Crippen LogP contribution in [0.3, 0.4) is 0 Å². The minimum atomic E-state index is -0.108. The van der Waals surface area contributed by atoms with Crippen molar-refractivity contribution in [2.45, 2.75) is 13.8 Å². The van der Waals surface area contributed by atoms with Crippen LogP contribution in [0.5, 0.6) is 0 Å². The molecule has 0 saturated heterocycles. The molecule has 0 bridgehead atoms. The maximum atomic E-state index is 2.22. The van der Waals surface area contributed by atoms with E-state index < -0.39 is 0 Å². The number of hydrogen-bond acceptors (Lipinski definition) is 0. The fraction of sp³-hybridized carbons (Fsp3) is 0.0769. The van der Waals surface area contributed by atoms with E-state index in [-0.39, 0.29) is 31.5 Å². The van der Waals surface area contributed by atoms with Gasteiger partial charge in [-0.1, -0.05) is 13.8 Å². The Bertz CT molecular complexity index is 709. The van der Waals surface area contributed by atoms with Crippen LogP contribution in [0.4, 0.5) is 0 Å². The molecule has 0 amide bonds. The van der Waals surface area contributed by atoms with Crippen molar-refractivity contribution in [1.82, 2.24) is 0 Å². The van der Waals surface area contributed by atoms with Gasteiger partial charge in [-0.3, -0.25) is 0 Å². The van der Waals surface area contributed by atoms with Gasteiger partial charge in [0.2, 0.25) is 0 Å². The first kappa shape index (κ1) is 22.3. The molecule has 0 unspecified atom stereocenters. The van der Waals surface area contributed by atoms with Crippen LogP contribution in [0.2, 0.25) is 0 Å². The van der Waals surface area contributed by atoms with Crippen LogP contribution in [0.1, 0.15) is 13.8 Å². The quantitative estimate of drug-likeness (QED) is 0.386. The van der Waals surface area contributed by atoms with Crippen molar-refractivity contribution in [2.24, 2.45) is 0 Å². The zero-order chi connectivity index (χ0) is 19.9. The molecule has 2 heteroatoms. The maximum absolute atomic E-state index is 2.22. The van der Waals surface area contributed by atoms with Crippen LogP contribution in [0.25, 0.3) is 0 Å². The van der Waals surface area contributed by atoms with Crippen LogP contribution in [-0.2, 0) is 0 Å². The molecular formula is C26H28As2. The van der Waals surface area contributed by atoms with Crippen LogP contribution < -0.4 is 17.4 Å². The van der Waals surface area contributed by atoms with E-state index in [4.69, 9.17) is 0 Å². The summed E-state index contributed by atoms with van der Waals surface area (Å²) in [7, 11) is 0. The molecule has 142 valence electrons. The normalized spacial score (nSPS) is 9.36. The third-order valence-electron chi connectivity index (χ3n) is 3.67. The van der Waals surface area contributed by atoms with E-state index in [1.54, 1.807) is 0 Å². The third-order valence-corrected chi connectivity index (χ3v) is 8.89. The van der Waals surface area contributed by atoms with Gasteiger partial charge < -0.3 is 0 Å². The Kier molecular flexibility index (Phi) is 11.2. The van der Waals surface area contributed by atoms with Crippen molar-refractivity contribution in [3.8, 4) is 0 Å². The average molecular weight is 490 g/mol. The van der Waals surface area contributed by atoms with Crippen LogP contribution in [0, 0.1) is 0 Å². The van der Waals surface area contributed by atoms with Crippen molar-refractivity contribution < 1.29 is 0 Å². The van der Waals surface area contributed by atoms with Gasteiger partial charge >= 0.3 is 170 Å². The van der Waals surface area contributed by atoms with E-state index in [0.29, 0.717) is 0 Å². The fourth-order valence-corrected chi connectivity index (χ4v) is 6.83. The van der Waals surface area contributed by atoms with E-state index in [2.05, 4.69) is 121 Å². The Hall–Kier alpha value is -2.00. The van der Waals surface area contributed by atoms with Gasteiger partial charge in [-0.15, -0.1) is 0 Å². The molecule has 4 aromatic rings. The number of hydrogen-bond donors (Lipinski definition) is 0. The van der Waals surface area contributed by atoms with Crippen LogP contribution >= 0.6 is 0 Å². The average Bonchev–Trinajstić information content (AvgIpc) is 2.79. The van der Waals surface area contributed by atoms with Crippen molar-refractivity contribution in [3.05, 3.63) is 121 Å². The molecule has 28 heavy (non-hydrogen) atoms. The van der Waals surface area contributed by atoms with Crippen molar-refractivity contribution in [3.63, 3.8) is 0 Å². The van der Waals surface area contributed by atoms with E-state index in [1.165, 1.54) is 17.4 Å². The molecule has 0 atom stereocenters. The molecule has 0 aliphatic rings. The predicted molar refractivity (Wildman–Crippen MR) is 130 cm³/mol. The molecule has 0 heterocycles. The summed E-state index contributed by atoms with van der Waals surface area (Å²) in [4.78, 5) is 0. The summed E-state index contributed by atoms with van der Waals surface area (Å²) in [6.07, 6.45) is 0. The summed E-state index contributed by atoms with van der Waals surface area (Å²) < 4.78 is 5.98. The number of rotatable bonds is 4. The molecule has 0 saturated carbocycles. The molecule has 0 fully saturated rings. The summed E-state index contributed by atoms with van der Waals surface area (Å²) in [5.41, 5.74) is 0. The second-order valence-electron chi connectivity index (χ2n) is 5.71.